The topological polar surface area (TPSA) is 78.8 Å². The van der Waals surface area contributed by atoms with E-state index in [-0.39, 0.29) is 25.7 Å². The number of benzene rings is 1. The smallest absolute Gasteiger partial charge is 0.258 e. The van der Waals surface area contributed by atoms with Crippen molar-refractivity contribution in [3.8, 4) is 5.75 Å². The van der Waals surface area contributed by atoms with Gasteiger partial charge in [0.15, 0.2) is 6.61 Å². The second-order valence-electron chi connectivity index (χ2n) is 4.66. The summed E-state index contributed by atoms with van der Waals surface area (Å²) in [6, 6.07) is 3.99. The van der Waals surface area contributed by atoms with E-state index < -0.39 is 6.10 Å². The third-order valence-electron chi connectivity index (χ3n) is 2.70. The van der Waals surface area contributed by atoms with Gasteiger partial charge in [-0.05, 0) is 31.9 Å². The Balaban J connectivity index is 2.51. The second kappa shape index (κ2) is 7.11. The molecule has 0 saturated heterocycles. The molecule has 106 valence electrons. The van der Waals surface area contributed by atoms with Gasteiger partial charge in [-0.25, -0.2) is 0 Å². The third kappa shape index (κ3) is 4.89. The summed E-state index contributed by atoms with van der Waals surface area (Å²) in [6.45, 7) is 5.41. The molecule has 0 fully saturated rings. The molecule has 3 N–H and O–H groups in total. The van der Waals surface area contributed by atoms with E-state index in [2.05, 4.69) is 5.32 Å². The lowest BCUT2D eigenvalue weighted by Gasteiger charge is -2.13. The first-order valence-electron chi connectivity index (χ1n) is 6.20. The minimum Gasteiger partial charge on any atom is -0.483 e. The van der Waals surface area contributed by atoms with Crippen LogP contribution in [0.1, 0.15) is 16.7 Å². The quantitative estimate of drug-likeness (QED) is 0.699. The number of hydrogen-bond acceptors (Lipinski definition) is 4. The Hall–Kier alpha value is -1.59. The lowest BCUT2D eigenvalue weighted by atomic mass is 10.1. The van der Waals surface area contributed by atoms with Crippen LogP contribution in [0.3, 0.4) is 0 Å². The largest absolute Gasteiger partial charge is 0.483 e. The van der Waals surface area contributed by atoms with Crippen molar-refractivity contribution in [2.45, 2.75) is 26.9 Å². The number of nitrogens with one attached hydrogen (secondary N) is 1. The molecule has 1 aromatic rings. The minimum atomic E-state index is -0.938. The maximum absolute atomic E-state index is 11.5. The van der Waals surface area contributed by atoms with Crippen LogP contribution in [0.4, 0.5) is 0 Å². The summed E-state index contributed by atoms with van der Waals surface area (Å²) in [4.78, 5) is 11.5. The number of amides is 1. The highest BCUT2D eigenvalue weighted by molar-refractivity contribution is 5.77. The van der Waals surface area contributed by atoms with E-state index in [4.69, 9.17) is 14.9 Å². The van der Waals surface area contributed by atoms with E-state index in [1.165, 1.54) is 0 Å². The number of hydrogen-bond donors (Lipinski definition) is 3. The lowest BCUT2D eigenvalue weighted by molar-refractivity contribution is -0.123. The zero-order chi connectivity index (χ0) is 14.4. The van der Waals surface area contributed by atoms with Gasteiger partial charge in [-0.2, -0.15) is 0 Å². The average Bonchev–Trinajstić information content (AvgIpc) is 2.34. The Bertz CT molecular complexity index is 422. The molecule has 1 aromatic carbocycles. The van der Waals surface area contributed by atoms with Crippen molar-refractivity contribution in [1.29, 1.82) is 0 Å². The maximum atomic E-state index is 11.5. The van der Waals surface area contributed by atoms with Crippen LogP contribution in [-0.4, -0.2) is 42.0 Å². The fourth-order valence-electron chi connectivity index (χ4n) is 1.88. The van der Waals surface area contributed by atoms with E-state index in [0.29, 0.717) is 5.75 Å². The van der Waals surface area contributed by atoms with Gasteiger partial charge in [0.05, 0.1) is 12.7 Å². The molecule has 5 nitrogen and oxygen atoms in total. The standard InChI is InChI=1S/C14H21NO4/c1-9-4-10(2)14(11(3)5-9)19-8-13(18)15-6-12(17)7-16/h4-5,12,16-17H,6-8H2,1-3H3,(H,15,18). The molecule has 0 bridgehead atoms. The first-order chi connectivity index (χ1) is 8.93. The van der Waals surface area contributed by atoms with Crippen molar-refractivity contribution in [1.82, 2.24) is 5.32 Å². The zero-order valence-electron chi connectivity index (χ0n) is 11.6. The Morgan fingerprint density at radius 1 is 1.32 bits per heavy atom. The van der Waals surface area contributed by atoms with Gasteiger partial charge in [-0.15, -0.1) is 0 Å². The summed E-state index contributed by atoms with van der Waals surface area (Å²) >= 11 is 0. The molecular formula is C14H21NO4. The van der Waals surface area contributed by atoms with E-state index in [1.54, 1.807) is 0 Å². The van der Waals surface area contributed by atoms with Gasteiger partial charge in [-0.1, -0.05) is 17.7 Å². The SMILES string of the molecule is Cc1cc(C)c(OCC(=O)NCC(O)CO)c(C)c1. The van der Waals surface area contributed by atoms with Gasteiger partial charge in [0.1, 0.15) is 5.75 Å². The predicted molar refractivity (Wildman–Crippen MR) is 72.3 cm³/mol. The molecule has 0 aliphatic carbocycles. The van der Waals surface area contributed by atoms with Crippen molar-refractivity contribution in [3.63, 3.8) is 0 Å². The monoisotopic (exact) mass is 267 g/mol. The van der Waals surface area contributed by atoms with Gasteiger partial charge < -0.3 is 20.3 Å². The van der Waals surface area contributed by atoms with Crippen molar-refractivity contribution in [3.05, 3.63) is 28.8 Å². The summed E-state index contributed by atoms with van der Waals surface area (Å²) in [5.41, 5.74) is 3.12. The number of aliphatic hydroxyl groups excluding tert-OH is 2. The normalized spacial score (nSPS) is 12.1. The molecule has 0 aliphatic rings. The van der Waals surface area contributed by atoms with E-state index >= 15 is 0 Å². The zero-order valence-corrected chi connectivity index (χ0v) is 11.6. The first kappa shape index (κ1) is 15.5. The number of ether oxygens (including phenoxy) is 1. The molecule has 19 heavy (non-hydrogen) atoms. The van der Waals surface area contributed by atoms with E-state index in [9.17, 15) is 4.79 Å². The van der Waals surface area contributed by atoms with Gasteiger partial charge in [0.25, 0.3) is 5.91 Å². The molecule has 0 radical (unpaired) electrons. The molecule has 0 heterocycles. The van der Waals surface area contributed by atoms with Crippen LogP contribution in [-0.2, 0) is 4.79 Å². The van der Waals surface area contributed by atoms with Gasteiger partial charge in [0, 0.05) is 6.54 Å². The molecule has 1 atom stereocenters. The summed E-state index contributed by atoms with van der Waals surface area (Å²) in [5.74, 6) is 0.385. The van der Waals surface area contributed by atoms with E-state index in [0.717, 1.165) is 16.7 Å². The Morgan fingerprint density at radius 3 is 2.42 bits per heavy atom. The molecule has 1 unspecified atom stereocenters. The molecular weight excluding hydrogens is 246 g/mol. The molecule has 0 saturated carbocycles. The van der Waals surface area contributed by atoms with Gasteiger partial charge >= 0.3 is 0 Å². The molecule has 5 heteroatoms. The lowest BCUT2D eigenvalue weighted by Crippen LogP contribution is -2.36. The fourth-order valence-corrected chi connectivity index (χ4v) is 1.88. The minimum absolute atomic E-state index is 0.0184. The van der Waals surface area contributed by atoms with Crippen LogP contribution in [0, 0.1) is 20.8 Å². The van der Waals surface area contributed by atoms with Crippen LogP contribution >= 0.6 is 0 Å². The van der Waals surface area contributed by atoms with Crippen LogP contribution in [0.2, 0.25) is 0 Å². The average molecular weight is 267 g/mol. The Kier molecular flexibility index (Phi) is 5.79. The highest BCUT2D eigenvalue weighted by atomic mass is 16.5. The number of rotatable bonds is 6. The fraction of sp³-hybridized carbons (Fsp3) is 0.500. The van der Waals surface area contributed by atoms with Crippen LogP contribution in [0.15, 0.2) is 12.1 Å². The molecule has 1 amide bonds. The first-order valence-corrected chi connectivity index (χ1v) is 6.20. The molecule has 0 aromatic heterocycles. The number of aryl methyl sites for hydroxylation is 3. The second-order valence-corrected chi connectivity index (χ2v) is 4.66. The van der Waals surface area contributed by atoms with Crippen molar-refractivity contribution < 1.29 is 19.7 Å². The van der Waals surface area contributed by atoms with Crippen molar-refractivity contribution >= 4 is 5.91 Å². The van der Waals surface area contributed by atoms with Crippen LogP contribution in [0.5, 0.6) is 5.75 Å². The van der Waals surface area contributed by atoms with Crippen molar-refractivity contribution in [2.75, 3.05) is 19.8 Å². The predicted octanol–water partition coefficient (Wildman–Crippen LogP) is 0.460. The van der Waals surface area contributed by atoms with Crippen LogP contribution in [0.25, 0.3) is 0 Å². The number of carbonyl (C=O) groups is 1. The van der Waals surface area contributed by atoms with Crippen LogP contribution < -0.4 is 10.1 Å². The van der Waals surface area contributed by atoms with Gasteiger partial charge in [0.2, 0.25) is 0 Å². The Labute approximate surface area is 113 Å². The van der Waals surface area contributed by atoms with Crippen molar-refractivity contribution in [2.24, 2.45) is 0 Å². The Morgan fingerprint density at radius 2 is 1.89 bits per heavy atom. The summed E-state index contributed by atoms with van der Waals surface area (Å²) < 4.78 is 5.49. The molecule has 0 aliphatic heterocycles. The summed E-state index contributed by atoms with van der Waals surface area (Å²) in [6.07, 6.45) is -0.938. The maximum Gasteiger partial charge on any atom is 0.258 e. The third-order valence-corrected chi connectivity index (χ3v) is 2.70. The molecule has 1 rings (SSSR count). The highest BCUT2D eigenvalue weighted by Gasteiger charge is 2.09. The van der Waals surface area contributed by atoms with Gasteiger partial charge in [-0.3, -0.25) is 4.79 Å². The number of aliphatic hydroxyl groups is 2. The molecule has 0 spiro atoms. The highest BCUT2D eigenvalue weighted by Crippen LogP contribution is 2.24. The van der Waals surface area contributed by atoms with E-state index in [1.807, 2.05) is 32.9 Å². The number of carbonyl (C=O) groups excluding carboxylic acids is 1. The summed E-state index contributed by atoms with van der Waals surface area (Å²) in [5, 5.41) is 20.2. The summed E-state index contributed by atoms with van der Waals surface area (Å²) in [7, 11) is 0.